The minimum atomic E-state index is 0.222. The van der Waals surface area contributed by atoms with Crippen LogP contribution in [-0.2, 0) is 0 Å². The molecule has 0 bridgehead atoms. The molecule has 2 fully saturated rings. The van der Waals surface area contributed by atoms with Crippen molar-refractivity contribution in [3.8, 4) is 0 Å². The van der Waals surface area contributed by atoms with Crippen LogP contribution in [0, 0.1) is 0 Å². The first-order chi connectivity index (χ1) is 7.23. The molecule has 0 aromatic heterocycles. The predicted octanol–water partition coefficient (Wildman–Crippen LogP) is 2.52. The molecule has 2 rings (SSSR count). The van der Waals surface area contributed by atoms with Gasteiger partial charge in [0.25, 0.3) is 0 Å². The first kappa shape index (κ1) is 11.4. The molecule has 0 aromatic rings. The topological polar surface area (TPSA) is 29.3 Å². The van der Waals surface area contributed by atoms with Gasteiger partial charge in [0.2, 0.25) is 0 Å². The lowest BCUT2D eigenvalue weighted by Crippen LogP contribution is -2.49. The van der Waals surface area contributed by atoms with Crippen molar-refractivity contribution in [3.05, 3.63) is 0 Å². The second kappa shape index (κ2) is 4.84. The SMILES string of the molecule is CCCCN(CCC1(N)CCC1)C1CC1. The van der Waals surface area contributed by atoms with Gasteiger partial charge < -0.3 is 10.6 Å². The Morgan fingerprint density at radius 2 is 2.00 bits per heavy atom. The summed E-state index contributed by atoms with van der Waals surface area (Å²) in [6, 6.07) is 0.917. The molecule has 0 atom stereocenters. The van der Waals surface area contributed by atoms with Crippen LogP contribution in [0.4, 0.5) is 0 Å². The molecule has 0 heterocycles. The van der Waals surface area contributed by atoms with Gasteiger partial charge in [0.15, 0.2) is 0 Å². The fourth-order valence-corrected chi connectivity index (χ4v) is 2.53. The Morgan fingerprint density at radius 3 is 2.47 bits per heavy atom. The van der Waals surface area contributed by atoms with Crippen LogP contribution in [-0.4, -0.2) is 29.6 Å². The van der Waals surface area contributed by atoms with Gasteiger partial charge in [0.1, 0.15) is 0 Å². The second-order valence-corrected chi connectivity index (χ2v) is 5.59. The molecule has 0 aromatic carbocycles. The van der Waals surface area contributed by atoms with E-state index in [0.717, 1.165) is 6.04 Å². The van der Waals surface area contributed by atoms with E-state index in [4.69, 9.17) is 5.73 Å². The number of nitrogens with zero attached hydrogens (tertiary/aromatic N) is 1. The zero-order valence-corrected chi connectivity index (χ0v) is 10.2. The Labute approximate surface area is 94.2 Å². The van der Waals surface area contributed by atoms with Gasteiger partial charge in [0, 0.05) is 18.1 Å². The second-order valence-electron chi connectivity index (χ2n) is 5.59. The molecule has 2 nitrogen and oxygen atoms in total. The number of rotatable bonds is 7. The highest BCUT2D eigenvalue weighted by Gasteiger charge is 2.34. The molecule has 0 aliphatic heterocycles. The van der Waals surface area contributed by atoms with Crippen LogP contribution in [0.1, 0.15) is 58.3 Å². The van der Waals surface area contributed by atoms with Gasteiger partial charge in [-0.25, -0.2) is 0 Å². The Kier molecular flexibility index (Phi) is 3.68. The lowest BCUT2D eigenvalue weighted by molar-refractivity contribution is 0.175. The number of unbranched alkanes of at least 4 members (excludes halogenated alkanes) is 1. The van der Waals surface area contributed by atoms with Crippen LogP contribution in [0.5, 0.6) is 0 Å². The Balaban J connectivity index is 1.68. The third-order valence-electron chi connectivity index (χ3n) is 4.11. The van der Waals surface area contributed by atoms with Crippen LogP contribution in [0.3, 0.4) is 0 Å². The summed E-state index contributed by atoms with van der Waals surface area (Å²) in [7, 11) is 0. The minimum absolute atomic E-state index is 0.222. The summed E-state index contributed by atoms with van der Waals surface area (Å²) in [5, 5.41) is 0. The quantitative estimate of drug-likeness (QED) is 0.699. The van der Waals surface area contributed by atoms with E-state index >= 15 is 0 Å². The van der Waals surface area contributed by atoms with E-state index in [0.29, 0.717) is 0 Å². The van der Waals surface area contributed by atoms with E-state index in [9.17, 15) is 0 Å². The summed E-state index contributed by atoms with van der Waals surface area (Å²) in [6.07, 6.45) is 10.6. The smallest absolute Gasteiger partial charge is 0.0166 e. The first-order valence-electron chi connectivity index (χ1n) is 6.76. The van der Waals surface area contributed by atoms with Crippen LogP contribution in [0.25, 0.3) is 0 Å². The number of hydrogen-bond donors (Lipinski definition) is 1. The third kappa shape index (κ3) is 3.18. The van der Waals surface area contributed by atoms with Crippen LogP contribution < -0.4 is 5.73 Å². The summed E-state index contributed by atoms with van der Waals surface area (Å²) >= 11 is 0. The van der Waals surface area contributed by atoms with Crippen molar-refractivity contribution >= 4 is 0 Å². The van der Waals surface area contributed by atoms with Crippen molar-refractivity contribution in [1.29, 1.82) is 0 Å². The molecule has 0 unspecified atom stereocenters. The fourth-order valence-electron chi connectivity index (χ4n) is 2.53. The third-order valence-corrected chi connectivity index (χ3v) is 4.11. The number of nitrogens with two attached hydrogens (primary N) is 1. The zero-order valence-electron chi connectivity index (χ0n) is 10.2. The van der Waals surface area contributed by atoms with E-state index in [1.54, 1.807) is 0 Å². The van der Waals surface area contributed by atoms with Gasteiger partial charge in [-0.3, -0.25) is 0 Å². The van der Waals surface area contributed by atoms with Gasteiger partial charge in [-0.05, 0) is 51.5 Å². The zero-order chi connectivity index (χ0) is 10.7. The lowest BCUT2D eigenvalue weighted by Gasteiger charge is -2.39. The molecule has 2 heteroatoms. The lowest BCUT2D eigenvalue weighted by atomic mass is 9.75. The number of hydrogen-bond acceptors (Lipinski definition) is 2. The van der Waals surface area contributed by atoms with Gasteiger partial charge in [-0.15, -0.1) is 0 Å². The largest absolute Gasteiger partial charge is 0.325 e. The Morgan fingerprint density at radius 1 is 1.27 bits per heavy atom. The average Bonchev–Trinajstić information content (AvgIpc) is 2.99. The molecule has 0 radical (unpaired) electrons. The average molecular weight is 210 g/mol. The van der Waals surface area contributed by atoms with E-state index < -0.39 is 0 Å². The van der Waals surface area contributed by atoms with Crippen molar-refractivity contribution < 1.29 is 0 Å². The molecule has 2 aliphatic carbocycles. The van der Waals surface area contributed by atoms with Gasteiger partial charge in [-0.2, -0.15) is 0 Å². The summed E-state index contributed by atoms with van der Waals surface area (Å²) in [4.78, 5) is 2.69. The van der Waals surface area contributed by atoms with Crippen molar-refractivity contribution in [2.24, 2.45) is 5.73 Å². The van der Waals surface area contributed by atoms with Gasteiger partial charge >= 0.3 is 0 Å². The Hall–Kier alpha value is -0.0800. The molecule has 15 heavy (non-hydrogen) atoms. The summed E-state index contributed by atoms with van der Waals surface area (Å²) in [5.74, 6) is 0. The highest BCUT2D eigenvalue weighted by atomic mass is 15.2. The molecular weight excluding hydrogens is 184 g/mol. The monoisotopic (exact) mass is 210 g/mol. The van der Waals surface area contributed by atoms with E-state index in [1.165, 1.54) is 64.5 Å². The van der Waals surface area contributed by atoms with Gasteiger partial charge in [-0.1, -0.05) is 13.3 Å². The summed E-state index contributed by atoms with van der Waals surface area (Å²) in [6.45, 7) is 4.83. The van der Waals surface area contributed by atoms with Crippen LogP contribution in [0.15, 0.2) is 0 Å². The maximum atomic E-state index is 6.27. The predicted molar refractivity (Wildman–Crippen MR) is 64.9 cm³/mol. The summed E-state index contributed by atoms with van der Waals surface area (Å²) in [5.41, 5.74) is 6.50. The van der Waals surface area contributed by atoms with E-state index in [-0.39, 0.29) is 5.54 Å². The molecular formula is C13H26N2. The molecule has 88 valence electrons. The maximum absolute atomic E-state index is 6.27. The van der Waals surface area contributed by atoms with E-state index in [1.807, 2.05) is 0 Å². The highest BCUT2D eigenvalue weighted by Crippen LogP contribution is 2.34. The first-order valence-corrected chi connectivity index (χ1v) is 6.76. The van der Waals surface area contributed by atoms with E-state index in [2.05, 4.69) is 11.8 Å². The normalized spacial score (nSPS) is 24.2. The molecule has 2 saturated carbocycles. The minimum Gasteiger partial charge on any atom is -0.325 e. The van der Waals surface area contributed by atoms with Gasteiger partial charge in [0.05, 0.1) is 0 Å². The van der Waals surface area contributed by atoms with Crippen molar-refractivity contribution in [2.45, 2.75) is 69.9 Å². The Bertz CT molecular complexity index is 195. The summed E-state index contributed by atoms with van der Waals surface area (Å²) < 4.78 is 0. The molecule has 0 spiro atoms. The van der Waals surface area contributed by atoms with Crippen molar-refractivity contribution in [2.75, 3.05) is 13.1 Å². The van der Waals surface area contributed by atoms with Crippen LogP contribution in [0.2, 0.25) is 0 Å². The standard InChI is InChI=1S/C13H26N2/c1-2-3-10-15(12-5-6-12)11-9-13(14)7-4-8-13/h12H,2-11,14H2,1H3. The molecule has 2 N–H and O–H groups in total. The fraction of sp³-hybridized carbons (Fsp3) is 1.00. The molecule has 0 saturated heterocycles. The highest BCUT2D eigenvalue weighted by molar-refractivity contribution is 4.94. The molecule has 0 amide bonds. The van der Waals surface area contributed by atoms with Crippen LogP contribution >= 0.6 is 0 Å². The van der Waals surface area contributed by atoms with Crippen molar-refractivity contribution in [3.63, 3.8) is 0 Å². The van der Waals surface area contributed by atoms with Crippen molar-refractivity contribution in [1.82, 2.24) is 4.90 Å². The molecule has 2 aliphatic rings. The maximum Gasteiger partial charge on any atom is 0.0166 e.